The minimum atomic E-state index is -0.0732. The van der Waals surface area contributed by atoms with E-state index in [1.165, 1.54) is 0 Å². The summed E-state index contributed by atoms with van der Waals surface area (Å²) in [5, 5.41) is 14.7. The molecule has 4 rings (SSSR count). The van der Waals surface area contributed by atoms with E-state index in [-0.39, 0.29) is 12.5 Å². The monoisotopic (exact) mass is 383 g/mol. The van der Waals surface area contributed by atoms with Gasteiger partial charge in [0, 0.05) is 0 Å². The number of aromatic nitrogens is 4. The van der Waals surface area contributed by atoms with Gasteiger partial charge in [0.1, 0.15) is 0 Å². The van der Waals surface area contributed by atoms with Crippen molar-refractivity contribution in [2.75, 3.05) is 0 Å². The molecule has 1 amide bonds. The van der Waals surface area contributed by atoms with Crippen molar-refractivity contribution >= 4 is 5.91 Å². The van der Waals surface area contributed by atoms with E-state index in [1.54, 1.807) is 4.68 Å². The zero-order valence-electron chi connectivity index (χ0n) is 16.1. The third-order valence-electron chi connectivity index (χ3n) is 4.68. The van der Waals surface area contributed by atoms with Gasteiger partial charge in [-0.3, -0.25) is 4.79 Å². The summed E-state index contributed by atoms with van der Waals surface area (Å²) in [4.78, 5) is 12.4. The largest absolute Gasteiger partial charge is 0.348 e. The molecule has 1 N–H and O–H groups in total. The molecule has 0 spiro atoms. The van der Waals surface area contributed by atoms with Crippen molar-refractivity contribution < 1.29 is 4.79 Å². The van der Waals surface area contributed by atoms with Crippen molar-refractivity contribution in [3.63, 3.8) is 0 Å². The van der Waals surface area contributed by atoms with Gasteiger partial charge in [0.15, 0.2) is 5.82 Å². The molecule has 4 aromatic rings. The Kier molecular flexibility index (Phi) is 5.42. The number of hydrogen-bond acceptors (Lipinski definition) is 4. The van der Waals surface area contributed by atoms with Crippen LogP contribution >= 0.6 is 0 Å². The quantitative estimate of drug-likeness (QED) is 0.553. The topological polar surface area (TPSA) is 72.7 Å². The molecule has 144 valence electrons. The third kappa shape index (κ3) is 4.55. The Morgan fingerprint density at radius 2 is 1.59 bits per heavy atom. The fourth-order valence-corrected chi connectivity index (χ4v) is 3.07. The van der Waals surface area contributed by atoms with Crippen LogP contribution in [0.4, 0.5) is 0 Å². The predicted octanol–water partition coefficient (Wildman–Crippen LogP) is 3.50. The Balaban J connectivity index is 1.36. The van der Waals surface area contributed by atoms with Crippen molar-refractivity contribution in [1.29, 1.82) is 0 Å². The fourth-order valence-electron chi connectivity index (χ4n) is 3.07. The second-order valence-corrected chi connectivity index (χ2v) is 6.86. The first-order valence-electron chi connectivity index (χ1n) is 9.44. The average Bonchev–Trinajstić information content (AvgIpc) is 3.23. The van der Waals surface area contributed by atoms with Gasteiger partial charge in [-0.25, -0.2) is 0 Å². The van der Waals surface area contributed by atoms with E-state index >= 15 is 0 Å². The zero-order chi connectivity index (χ0) is 20.1. The van der Waals surface area contributed by atoms with Crippen LogP contribution in [-0.4, -0.2) is 26.1 Å². The molecule has 29 heavy (non-hydrogen) atoms. The lowest BCUT2D eigenvalue weighted by Gasteiger charge is -2.08. The van der Waals surface area contributed by atoms with Crippen LogP contribution in [0.5, 0.6) is 0 Å². The lowest BCUT2D eigenvalue weighted by molar-refractivity contribution is -0.120. The number of benzene rings is 3. The molecule has 1 aromatic heterocycles. The zero-order valence-corrected chi connectivity index (χ0v) is 16.1. The van der Waals surface area contributed by atoms with Crippen molar-refractivity contribution in [3.05, 3.63) is 95.8 Å². The Hall–Kier alpha value is -3.80. The summed E-state index contributed by atoms with van der Waals surface area (Å²) in [7, 11) is 0. The molecule has 6 nitrogen and oxygen atoms in total. The molecule has 0 saturated heterocycles. The molecular formula is C23H21N5O. The van der Waals surface area contributed by atoms with Crippen LogP contribution in [0.1, 0.15) is 17.0 Å². The number of rotatable bonds is 6. The molecule has 0 aliphatic heterocycles. The number of amides is 1. The van der Waals surface area contributed by atoms with Gasteiger partial charge in [-0.1, -0.05) is 72.3 Å². The third-order valence-corrected chi connectivity index (χ3v) is 4.68. The molecule has 0 aliphatic carbocycles. The Bertz CT molecular complexity index is 1090. The molecule has 0 saturated carbocycles. The standard InChI is InChI=1S/C23H21N5O/c1-17-7-13-21(14-8-17)28-22(25-26-27-28)16-24-23(29)15-18-9-11-20(12-10-18)19-5-3-2-4-6-19/h2-14H,15-16H2,1H3,(H,24,29). The van der Waals surface area contributed by atoms with E-state index in [9.17, 15) is 4.79 Å². The number of carbonyl (C=O) groups excluding carboxylic acids is 1. The van der Waals surface area contributed by atoms with E-state index in [2.05, 4.69) is 33.0 Å². The second-order valence-electron chi connectivity index (χ2n) is 6.86. The van der Waals surface area contributed by atoms with Crippen molar-refractivity contribution in [2.24, 2.45) is 0 Å². The van der Waals surface area contributed by atoms with Gasteiger partial charge >= 0.3 is 0 Å². The average molecular weight is 383 g/mol. The van der Waals surface area contributed by atoms with Crippen LogP contribution < -0.4 is 5.32 Å². The maximum absolute atomic E-state index is 12.4. The highest BCUT2D eigenvalue weighted by Gasteiger charge is 2.10. The van der Waals surface area contributed by atoms with Crippen molar-refractivity contribution in [3.8, 4) is 16.8 Å². The van der Waals surface area contributed by atoms with Gasteiger partial charge in [0.25, 0.3) is 0 Å². The Morgan fingerprint density at radius 3 is 2.31 bits per heavy atom. The highest BCUT2D eigenvalue weighted by atomic mass is 16.1. The van der Waals surface area contributed by atoms with Gasteiger partial charge < -0.3 is 5.32 Å². The van der Waals surface area contributed by atoms with Gasteiger partial charge in [0.05, 0.1) is 18.7 Å². The predicted molar refractivity (Wildman–Crippen MR) is 111 cm³/mol. The molecule has 6 heteroatoms. The van der Waals surface area contributed by atoms with Gasteiger partial charge in [0.2, 0.25) is 5.91 Å². The molecule has 0 atom stereocenters. The lowest BCUT2D eigenvalue weighted by Crippen LogP contribution is -2.26. The molecule has 0 bridgehead atoms. The van der Waals surface area contributed by atoms with E-state index in [0.717, 1.165) is 27.9 Å². The van der Waals surface area contributed by atoms with Gasteiger partial charge in [-0.15, -0.1) is 5.10 Å². The minimum Gasteiger partial charge on any atom is -0.348 e. The Morgan fingerprint density at radius 1 is 0.897 bits per heavy atom. The molecular weight excluding hydrogens is 362 g/mol. The van der Waals surface area contributed by atoms with Crippen LogP contribution in [0.3, 0.4) is 0 Å². The number of hydrogen-bond donors (Lipinski definition) is 1. The molecule has 0 unspecified atom stereocenters. The fraction of sp³-hybridized carbons (Fsp3) is 0.130. The van der Waals surface area contributed by atoms with Crippen LogP contribution in [-0.2, 0) is 17.8 Å². The van der Waals surface area contributed by atoms with Gasteiger partial charge in [-0.05, 0) is 46.2 Å². The normalized spacial score (nSPS) is 10.7. The SMILES string of the molecule is Cc1ccc(-n2nnnc2CNC(=O)Cc2ccc(-c3ccccc3)cc2)cc1. The van der Waals surface area contributed by atoms with E-state index in [4.69, 9.17) is 0 Å². The molecule has 0 aliphatic rings. The molecule has 1 heterocycles. The highest BCUT2D eigenvalue weighted by molar-refractivity contribution is 5.78. The molecule has 3 aromatic carbocycles. The first-order valence-corrected chi connectivity index (χ1v) is 9.44. The van der Waals surface area contributed by atoms with Crippen molar-refractivity contribution in [1.82, 2.24) is 25.5 Å². The number of tetrazole rings is 1. The minimum absolute atomic E-state index is 0.0732. The van der Waals surface area contributed by atoms with E-state index in [1.807, 2.05) is 73.7 Å². The van der Waals surface area contributed by atoms with Crippen LogP contribution in [0.15, 0.2) is 78.9 Å². The number of carbonyl (C=O) groups is 1. The first kappa shape index (κ1) is 18.6. The van der Waals surface area contributed by atoms with Gasteiger partial charge in [-0.2, -0.15) is 4.68 Å². The summed E-state index contributed by atoms with van der Waals surface area (Å²) in [6.07, 6.45) is 0.307. The number of nitrogens with zero attached hydrogens (tertiary/aromatic N) is 4. The lowest BCUT2D eigenvalue weighted by atomic mass is 10.0. The summed E-state index contributed by atoms with van der Waals surface area (Å²) in [5.74, 6) is 0.512. The summed E-state index contributed by atoms with van der Waals surface area (Å²) < 4.78 is 1.63. The molecule has 0 fully saturated rings. The smallest absolute Gasteiger partial charge is 0.224 e. The number of aryl methyl sites for hydroxylation is 1. The highest BCUT2D eigenvalue weighted by Crippen LogP contribution is 2.19. The maximum Gasteiger partial charge on any atom is 0.224 e. The summed E-state index contributed by atoms with van der Waals surface area (Å²) in [5.41, 5.74) is 5.27. The molecule has 0 radical (unpaired) electrons. The second kappa shape index (κ2) is 8.48. The summed E-state index contributed by atoms with van der Waals surface area (Å²) in [6.45, 7) is 2.29. The van der Waals surface area contributed by atoms with Crippen LogP contribution in [0.2, 0.25) is 0 Å². The number of nitrogens with one attached hydrogen (secondary N) is 1. The maximum atomic E-state index is 12.4. The van der Waals surface area contributed by atoms with E-state index in [0.29, 0.717) is 12.2 Å². The van der Waals surface area contributed by atoms with E-state index < -0.39 is 0 Å². The Labute approximate surface area is 169 Å². The summed E-state index contributed by atoms with van der Waals surface area (Å²) in [6, 6.07) is 26.1. The van der Waals surface area contributed by atoms with Crippen LogP contribution in [0, 0.1) is 6.92 Å². The van der Waals surface area contributed by atoms with Crippen molar-refractivity contribution in [2.45, 2.75) is 19.9 Å². The first-order chi connectivity index (χ1) is 14.2. The summed E-state index contributed by atoms with van der Waals surface area (Å²) >= 11 is 0. The van der Waals surface area contributed by atoms with Crippen LogP contribution in [0.25, 0.3) is 16.8 Å².